The van der Waals surface area contributed by atoms with Gasteiger partial charge in [0.05, 0.1) is 16.2 Å². The molecule has 0 unspecified atom stereocenters. The molecule has 0 aliphatic carbocycles. The van der Waals surface area contributed by atoms with E-state index in [4.69, 9.17) is 0 Å². The van der Waals surface area contributed by atoms with Gasteiger partial charge in [0.25, 0.3) is 0 Å². The van der Waals surface area contributed by atoms with Crippen LogP contribution in [0.15, 0.2) is 23.1 Å². The summed E-state index contributed by atoms with van der Waals surface area (Å²) in [7, 11) is 0. The van der Waals surface area contributed by atoms with Crippen molar-refractivity contribution in [1.82, 2.24) is 14.6 Å². The van der Waals surface area contributed by atoms with E-state index in [0.29, 0.717) is 16.5 Å². The molecular weight excluding hydrogens is 222 g/mol. The van der Waals surface area contributed by atoms with E-state index in [-0.39, 0.29) is 0 Å². The third kappa shape index (κ3) is 0.937. The highest BCUT2D eigenvalue weighted by molar-refractivity contribution is 9.10. The molecule has 2 aromatic heterocycles. The molecule has 0 bridgehead atoms. The lowest BCUT2D eigenvalue weighted by molar-refractivity contribution is 0.111. The first-order chi connectivity index (χ1) is 5.83. The van der Waals surface area contributed by atoms with Gasteiger partial charge in [-0.2, -0.15) is 5.10 Å². The van der Waals surface area contributed by atoms with E-state index in [1.165, 1.54) is 0 Å². The van der Waals surface area contributed by atoms with Crippen molar-refractivity contribution in [2.24, 2.45) is 0 Å². The highest BCUT2D eigenvalue weighted by atomic mass is 79.9. The van der Waals surface area contributed by atoms with Gasteiger partial charge in [0.1, 0.15) is 5.69 Å². The Labute approximate surface area is 76.4 Å². The third-order valence-corrected chi connectivity index (χ3v) is 2.33. The molecule has 12 heavy (non-hydrogen) atoms. The van der Waals surface area contributed by atoms with Crippen LogP contribution in [0.4, 0.5) is 0 Å². The monoisotopic (exact) mass is 225 g/mol. The number of carbonyl (C=O) groups excluding carboxylic acids is 1. The highest BCUT2D eigenvalue weighted by Crippen LogP contribution is 2.19. The van der Waals surface area contributed by atoms with E-state index in [2.05, 4.69) is 26.0 Å². The summed E-state index contributed by atoms with van der Waals surface area (Å²) in [5.74, 6) is 0. The molecule has 0 atom stereocenters. The van der Waals surface area contributed by atoms with Crippen molar-refractivity contribution in [3.05, 3.63) is 28.8 Å². The smallest absolute Gasteiger partial charge is 0.171 e. The predicted octanol–water partition coefficient (Wildman–Crippen LogP) is 1.30. The van der Waals surface area contributed by atoms with Crippen molar-refractivity contribution in [3.63, 3.8) is 0 Å². The Kier molecular flexibility index (Phi) is 1.65. The second-order valence-corrected chi connectivity index (χ2v) is 3.02. The summed E-state index contributed by atoms with van der Waals surface area (Å²) in [5, 5.41) is 3.99. The van der Waals surface area contributed by atoms with E-state index in [9.17, 15) is 4.79 Å². The van der Waals surface area contributed by atoms with Crippen molar-refractivity contribution < 1.29 is 4.79 Å². The summed E-state index contributed by atoms with van der Waals surface area (Å²) in [6.45, 7) is 0. The number of carbonyl (C=O) groups is 1. The Morgan fingerprint density at radius 1 is 1.58 bits per heavy atom. The van der Waals surface area contributed by atoms with Crippen molar-refractivity contribution in [3.8, 4) is 0 Å². The SMILES string of the molecule is O=Cc1nn2ccncc2c1Br. The zero-order valence-electron chi connectivity index (χ0n) is 5.94. The number of rotatable bonds is 1. The van der Waals surface area contributed by atoms with Gasteiger partial charge in [-0.25, -0.2) is 4.52 Å². The van der Waals surface area contributed by atoms with Crippen LogP contribution in [0.2, 0.25) is 0 Å². The lowest BCUT2D eigenvalue weighted by Crippen LogP contribution is -1.86. The number of fused-ring (bicyclic) bond motifs is 1. The Balaban J connectivity index is 2.87. The summed E-state index contributed by atoms with van der Waals surface area (Å²) >= 11 is 3.26. The molecule has 4 nitrogen and oxygen atoms in total. The van der Waals surface area contributed by atoms with Gasteiger partial charge in [-0.05, 0) is 15.9 Å². The van der Waals surface area contributed by atoms with Crippen molar-refractivity contribution >= 4 is 27.7 Å². The molecule has 60 valence electrons. The normalized spacial score (nSPS) is 10.4. The largest absolute Gasteiger partial charge is 0.296 e. The molecule has 0 saturated heterocycles. The number of nitrogens with zero attached hydrogens (tertiary/aromatic N) is 3. The Morgan fingerprint density at radius 2 is 2.42 bits per heavy atom. The van der Waals surface area contributed by atoms with Crippen LogP contribution in [-0.4, -0.2) is 20.9 Å². The predicted molar refractivity (Wildman–Crippen MR) is 46.1 cm³/mol. The van der Waals surface area contributed by atoms with Gasteiger partial charge in [0.15, 0.2) is 6.29 Å². The fraction of sp³-hybridized carbons (Fsp3) is 0. The van der Waals surface area contributed by atoms with Crippen molar-refractivity contribution in [2.45, 2.75) is 0 Å². The first kappa shape index (κ1) is 7.42. The molecule has 0 saturated carbocycles. The second-order valence-electron chi connectivity index (χ2n) is 2.22. The highest BCUT2D eigenvalue weighted by Gasteiger charge is 2.07. The second kappa shape index (κ2) is 2.67. The first-order valence-electron chi connectivity index (χ1n) is 3.26. The fourth-order valence-corrected chi connectivity index (χ4v) is 1.42. The van der Waals surface area contributed by atoms with Crippen LogP contribution in [0.3, 0.4) is 0 Å². The fourth-order valence-electron chi connectivity index (χ4n) is 0.966. The Morgan fingerprint density at radius 3 is 3.08 bits per heavy atom. The van der Waals surface area contributed by atoms with Crippen LogP contribution in [0.5, 0.6) is 0 Å². The van der Waals surface area contributed by atoms with Gasteiger partial charge in [-0.3, -0.25) is 9.78 Å². The van der Waals surface area contributed by atoms with Gasteiger partial charge in [0.2, 0.25) is 0 Å². The maximum Gasteiger partial charge on any atom is 0.171 e. The van der Waals surface area contributed by atoms with Crippen molar-refractivity contribution in [1.29, 1.82) is 0 Å². The summed E-state index contributed by atoms with van der Waals surface area (Å²) in [6.07, 6.45) is 5.65. The standard InChI is InChI=1S/C7H4BrN3O/c8-7-5(4-12)10-11-2-1-9-3-6(7)11/h1-4H. The van der Waals surface area contributed by atoms with E-state index in [0.717, 1.165) is 5.52 Å². The Hall–Kier alpha value is -1.23. The molecule has 0 aromatic carbocycles. The van der Waals surface area contributed by atoms with E-state index < -0.39 is 0 Å². The molecule has 0 spiro atoms. The van der Waals surface area contributed by atoms with Crippen LogP contribution in [0, 0.1) is 0 Å². The minimum atomic E-state index is 0.392. The van der Waals surface area contributed by atoms with Crippen LogP contribution in [0.25, 0.3) is 5.52 Å². The minimum absolute atomic E-state index is 0.392. The molecule has 0 aliphatic heterocycles. The van der Waals surface area contributed by atoms with E-state index in [1.54, 1.807) is 23.1 Å². The quantitative estimate of drug-likeness (QED) is 0.688. The summed E-state index contributed by atoms with van der Waals surface area (Å²) < 4.78 is 2.28. The molecule has 2 rings (SSSR count). The zero-order chi connectivity index (χ0) is 8.55. The van der Waals surface area contributed by atoms with Crippen LogP contribution < -0.4 is 0 Å². The molecule has 2 heterocycles. The van der Waals surface area contributed by atoms with E-state index >= 15 is 0 Å². The topological polar surface area (TPSA) is 47.3 Å². The number of hydrogen-bond acceptors (Lipinski definition) is 3. The number of hydrogen-bond donors (Lipinski definition) is 0. The van der Waals surface area contributed by atoms with Crippen LogP contribution in [0.1, 0.15) is 10.5 Å². The van der Waals surface area contributed by atoms with E-state index in [1.807, 2.05) is 0 Å². The zero-order valence-corrected chi connectivity index (χ0v) is 7.52. The summed E-state index contributed by atoms with van der Waals surface area (Å²) in [5.41, 5.74) is 1.18. The number of halogens is 1. The lowest BCUT2D eigenvalue weighted by Gasteiger charge is -1.87. The average Bonchev–Trinajstić information content (AvgIpc) is 2.44. The van der Waals surface area contributed by atoms with Gasteiger partial charge >= 0.3 is 0 Å². The molecule has 0 fully saturated rings. The molecule has 0 radical (unpaired) electrons. The molecule has 2 aromatic rings. The molecule has 0 amide bonds. The molecule has 0 N–H and O–H groups in total. The third-order valence-electron chi connectivity index (χ3n) is 1.51. The molecule has 5 heteroatoms. The number of aromatic nitrogens is 3. The number of aldehydes is 1. The van der Waals surface area contributed by atoms with Crippen LogP contribution >= 0.6 is 15.9 Å². The molecule has 0 aliphatic rings. The van der Waals surface area contributed by atoms with Gasteiger partial charge in [-0.1, -0.05) is 0 Å². The average molecular weight is 226 g/mol. The van der Waals surface area contributed by atoms with Gasteiger partial charge in [0, 0.05) is 12.4 Å². The Bertz CT molecular complexity index is 437. The summed E-state index contributed by atoms with van der Waals surface area (Å²) in [4.78, 5) is 14.4. The lowest BCUT2D eigenvalue weighted by atomic mass is 10.4. The minimum Gasteiger partial charge on any atom is -0.296 e. The van der Waals surface area contributed by atoms with Crippen molar-refractivity contribution in [2.75, 3.05) is 0 Å². The van der Waals surface area contributed by atoms with Gasteiger partial charge < -0.3 is 0 Å². The molecular formula is C7H4BrN3O. The van der Waals surface area contributed by atoms with Gasteiger partial charge in [-0.15, -0.1) is 0 Å². The summed E-state index contributed by atoms with van der Waals surface area (Å²) in [6, 6.07) is 0. The van der Waals surface area contributed by atoms with Crippen LogP contribution in [-0.2, 0) is 0 Å². The maximum absolute atomic E-state index is 10.5. The first-order valence-corrected chi connectivity index (χ1v) is 4.05. The maximum atomic E-state index is 10.5.